The lowest BCUT2D eigenvalue weighted by atomic mass is 10.1. The van der Waals surface area contributed by atoms with Crippen molar-refractivity contribution >= 4 is 6.29 Å². The van der Waals surface area contributed by atoms with Crippen LogP contribution in [0.2, 0.25) is 0 Å². The minimum Gasteiger partial charge on any atom is -0.516 e. The highest BCUT2D eigenvalue weighted by molar-refractivity contribution is 5.71. The van der Waals surface area contributed by atoms with E-state index in [1.165, 1.54) is 0 Å². The predicted molar refractivity (Wildman–Crippen MR) is 50.0 cm³/mol. The summed E-state index contributed by atoms with van der Waals surface area (Å²) in [5, 5.41) is 8.44. The highest BCUT2D eigenvalue weighted by Crippen LogP contribution is 2.08. The molecule has 0 aromatic rings. The second kappa shape index (κ2) is 6.65. The number of aliphatic hydroxyl groups excluding tert-OH is 1. The first-order valence-corrected chi connectivity index (χ1v) is 4.13. The minimum atomic E-state index is 0.366. The van der Waals surface area contributed by atoms with E-state index in [2.05, 4.69) is 0 Å². The lowest BCUT2D eigenvalue weighted by molar-refractivity contribution is -0.104. The molecule has 0 heterocycles. The molecule has 0 rings (SSSR count). The Bertz CT molecular complexity index is 180. The summed E-state index contributed by atoms with van der Waals surface area (Å²) >= 11 is 0. The summed E-state index contributed by atoms with van der Waals surface area (Å²) in [6.45, 7) is 3.82. The van der Waals surface area contributed by atoms with Gasteiger partial charge in [-0.15, -0.1) is 0 Å². The number of rotatable bonds is 5. The van der Waals surface area contributed by atoms with E-state index in [1.807, 2.05) is 13.0 Å². The van der Waals surface area contributed by atoms with E-state index in [0.29, 0.717) is 5.92 Å². The van der Waals surface area contributed by atoms with Crippen LogP contribution in [0, 0.1) is 5.92 Å². The molecule has 0 saturated heterocycles. The third-order valence-corrected chi connectivity index (χ3v) is 1.69. The first kappa shape index (κ1) is 11.0. The van der Waals surface area contributed by atoms with E-state index in [-0.39, 0.29) is 0 Å². The largest absolute Gasteiger partial charge is 0.516 e. The van der Waals surface area contributed by atoms with Crippen molar-refractivity contribution in [3.05, 3.63) is 24.0 Å². The fourth-order valence-electron chi connectivity index (χ4n) is 0.865. The van der Waals surface area contributed by atoms with Crippen molar-refractivity contribution in [1.82, 2.24) is 0 Å². The zero-order chi connectivity index (χ0) is 9.40. The molecular formula is C10H16O2. The van der Waals surface area contributed by atoms with Gasteiger partial charge in [-0.1, -0.05) is 13.0 Å². The van der Waals surface area contributed by atoms with Crippen molar-refractivity contribution in [2.45, 2.75) is 26.7 Å². The average molecular weight is 168 g/mol. The van der Waals surface area contributed by atoms with Gasteiger partial charge in [0.2, 0.25) is 0 Å². The van der Waals surface area contributed by atoms with Crippen molar-refractivity contribution in [2.24, 2.45) is 5.92 Å². The summed E-state index contributed by atoms with van der Waals surface area (Å²) in [5.41, 5.74) is 0.773. The van der Waals surface area contributed by atoms with Gasteiger partial charge in [0, 0.05) is 0 Å². The standard InChI is InChI=1S/C10H16O2/c1-9(6-7-11)4-3-5-10(2)8-12/h5-9,11H,3-4H2,1-2H3/b7-6+,10-5+. The quantitative estimate of drug-likeness (QED) is 0.389. The number of aldehydes is 1. The molecular weight excluding hydrogens is 152 g/mol. The van der Waals surface area contributed by atoms with Gasteiger partial charge >= 0.3 is 0 Å². The lowest BCUT2D eigenvalue weighted by Crippen LogP contribution is -1.88. The molecule has 0 aliphatic rings. The highest BCUT2D eigenvalue weighted by Gasteiger charge is 1.94. The molecule has 0 aromatic heterocycles. The molecule has 0 aliphatic heterocycles. The van der Waals surface area contributed by atoms with Gasteiger partial charge in [0.25, 0.3) is 0 Å². The third kappa shape index (κ3) is 5.71. The van der Waals surface area contributed by atoms with Crippen LogP contribution in [0.25, 0.3) is 0 Å². The summed E-state index contributed by atoms with van der Waals surface area (Å²) < 4.78 is 0. The van der Waals surface area contributed by atoms with E-state index < -0.39 is 0 Å². The highest BCUT2D eigenvalue weighted by atomic mass is 16.2. The van der Waals surface area contributed by atoms with Crippen molar-refractivity contribution in [1.29, 1.82) is 0 Å². The molecule has 0 aliphatic carbocycles. The van der Waals surface area contributed by atoms with Crippen LogP contribution in [0.3, 0.4) is 0 Å². The third-order valence-electron chi connectivity index (χ3n) is 1.69. The molecule has 1 N–H and O–H groups in total. The van der Waals surface area contributed by atoms with Gasteiger partial charge < -0.3 is 5.11 Å². The van der Waals surface area contributed by atoms with E-state index >= 15 is 0 Å². The van der Waals surface area contributed by atoms with E-state index in [4.69, 9.17) is 5.11 Å². The molecule has 2 nitrogen and oxygen atoms in total. The van der Waals surface area contributed by atoms with Gasteiger partial charge in [0.15, 0.2) is 0 Å². The van der Waals surface area contributed by atoms with Crippen molar-refractivity contribution in [3.63, 3.8) is 0 Å². The summed E-state index contributed by atoms with van der Waals surface area (Å²) in [6, 6.07) is 0. The van der Waals surface area contributed by atoms with E-state index in [9.17, 15) is 4.79 Å². The fourth-order valence-corrected chi connectivity index (χ4v) is 0.865. The maximum atomic E-state index is 10.2. The monoisotopic (exact) mass is 168 g/mol. The molecule has 68 valence electrons. The summed E-state index contributed by atoms with van der Waals surface area (Å²) in [6.07, 6.45) is 7.42. The molecule has 1 unspecified atom stereocenters. The number of hydrogen-bond acceptors (Lipinski definition) is 2. The Hall–Kier alpha value is -1.05. The maximum Gasteiger partial charge on any atom is 0.145 e. The van der Waals surface area contributed by atoms with Crippen LogP contribution in [-0.2, 0) is 4.79 Å². The molecule has 0 spiro atoms. The van der Waals surface area contributed by atoms with Crippen LogP contribution >= 0.6 is 0 Å². The number of allylic oxidation sites excluding steroid dienone is 3. The molecule has 0 aromatic carbocycles. The summed E-state index contributed by atoms with van der Waals surface area (Å²) in [4.78, 5) is 10.2. The van der Waals surface area contributed by atoms with E-state index in [1.54, 1.807) is 13.0 Å². The number of carbonyl (C=O) groups is 1. The Morgan fingerprint density at radius 1 is 1.58 bits per heavy atom. The minimum absolute atomic E-state index is 0.366. The van der Waals surface area contributed by atoms with Crippen LogP contribution in [-0.4, -0.2) is 11.4 Å². The summed E-state index contributed by atoms with van der Waals surface area (Å²) in [7, 11) is 0. The van der Waals surface area contributed by atoms with Gasteiger partial charge in [-0.05, 0) is 37.3 Å². The first-order valence-electron chi connectivity index (χ1n) is 4.13. The topological polar surface area (TPSA) is 37.3 Å². The Morgan fingerprint density at radius 3 is 2.75 bits per heavy atom. The lowest BCUT2D eigenvalue weighted by Gasteiger charge is -2.01. The Balaban J connectivity index is 3.62. The number of hydrogen-bond donors (Lipinski definition) is 1. The van der Waals surface area contributed by atoms with Crippen molar-refractivity contribution in [3.8, 4) is 0 Å². The summed E-state index contributed by atoms with van der Waals surface area (Å²) in [5.74, 6) is 0.366. The molecule has 2 heteroatoms. The van der Waals surface area contributed by atoms with Crippen LogP contribution in [0.15, 0.2) is 24.0 Å². The van der Waals surface area contributed by atoms with Gasteiger partial charge in [-0.2, -0.15) is 0 Å². The van der Waals surface area contributed by atoms with Crippen LogP contribution in [0.1, 0.15) is 26.7 Å². The number of aliphatic hydroxyl groups is 1. The SMILES string of the molecule is C/C(C=O)=C\CCC(C)/C=C/O. The maximum absolute atomic E-state index is 10.2. The second-order valence-corrected chi connectivity index (χ2v) is 2.96. The predicted octanol–water partition coefficient (Wildman–Crippen LogP) is 2.62. The molecule has 1 atom stereocenters. The van der Waals surface area contributed by atoms with Gasteiger partial charge in [-0.25, -0.2) is 0 Å². The smallest absolute Gasteiger partial charge is 0.145 e. The molecule has 0 fully saturated rings. The molecule has 0 saturated carbocycles. The first-order chi connectivity index (χ1) is 5.70. The molecule has 0 radical (unpaired) electrons. The Morgan fingerprint density at radius 2 is 2.25 bits per heavy atom. The number of carbonyl (C=O) groups excluding carboxylic acids is 1. The van der Waals surface area contributed by atoms with Crippen LogP contribution in [0.4, 0.5) is 0 Å². The van der Waals surface area contributed by atoms with Crippen molar-refractivity contribution in [2.75, 3.05) is 0 Å². The van der Waals surface area contributed by atoms with Gasteiger partial charge in [-0.3, -0.25) is 4.79 Å². The zero-order valence-corrected chi connectivity index (χ0v) is 7.66. The van der Waals surface area contributed by atoms with Gasteiger partial charge in [0.1, 0.15) is 6.29 Å². The Kier molecular flexibility index (Phi) is 6.07. The fraction of sp³-hybridized carbons (Fsp3) is 0.500. The van der Waals surface area contributed by atoms with Crippen LogP contribution in [0.5, 0.6) is 0 Å². The van der Waals surface area contributed by atoms with Crippen LogP contribution < -0.4 is 0 Å². The van der Waals surface area contributed by atoms with Gasteiger partial charge in [0.05, 0.1) is 6.26 Å². The zero-order valence-electron chi connectivity index (χ0n) is 7.66. The molecule has 0 amide bonds. The molecule has 12 heavy (non-hydrogen) atoms. The van der Waals surface area contributed by atoms with E-state index in [0.717, 1.165) is 31.0 Å². The molecule has 0 bridgehead atoms. The second-order valence-electron chi connectivity index (χ2n) is 2.96. The normalized spacial score (nSPS) is 15.0. The van der Waals surface area contributed by atoms with Crippen molar-refractivity contribution < 1.29 is 9.90 Å². The average Bonchev–Trinajstić information content (AvgIpc) is 2.04. The Labute approximate surface area is 73.6 Å².